The lowest BCUT2D eigenvalue weighted by Crippen LogP contribution is -2.09. The second-order valence-electron chi connectivity index (χ2n) is 2.56. The quantitative estimate of drug-likeness (QED) is 0.542. The molecule has 1 heterocycles. The highest BCUT2D eigenvalue weighted by atomic mass is 35.5. The van der Waals surface area contributed by atoms with Crippen LogP contribution in [0.2, 0.25) is 0 Å². The van der Waals surface area contributed by atoms with Crippen molar-refractivity contribution in [2.75, 3.05) is 0 Å². The largest absolute Gasteiger partial charge is 0.453 e. The van der Waals surface area contributed by atoms with E-state index < -0.39 is 0 Å². The lowest BCUT2D eigenvalue weighted by molar-refractivity contribution is 0.603. The molecule has 0 amide bonds. The summed E-state index contributed by atoms with van der Waals surface area (Å²) in [5.74, 6) is 0.391. The summed E-state index contributed by atoms with van der Waals surface area (Å²) < 4.78 is 5.28. The minimum atomic E-state index is -0.0359. The predicted molar refractivity (Wildman–Crippen MR) is 54.5 cm³/mol. The molecule has 3 nitrogen and oxygen atoms in total. The molecule has 0 spiro atoms. The molecule has 3 N–H and O–H groups in total. The number of benzene rings is 1. The Kier molecular flexibility index (Phi) is 2.58. The molecule has 0 saturated carbocycles. The Morgan fingerprint density at radius 2 is 2.00 bits per heavy atom. The second kappa shape index (κ2) is 3.49. The molecule has 0 aliphatic carbocycles. The summed E-state index contributed by atoms with van der Waals surface area (Å²) in [6, 6.07) is 9.34. The maximum atomic E-state index is 7.15. The van der Waals surface area contributed by atoms with Gasteiger partial charge in [-0.15, -0.1) is 12.4 Å². The van der Waals surface area contributed by atoms with Crippen LogP contribution in [-0.2, 0) is 0 Å². The summed E-state index contributed by atoms with van der Waals surface area (Å²) in [5, 5.41) is 8.13. The normalized spacial score (nSPS) is 9.54. The number of hydrogen-bond acceptors (Lipinski definition) is 2. The van der Waals surface area contributed by atoms with Gasteiger partial charge in [0.15, 0.2) is 11.6 Å². The molecule has 13 heavy (non-hydrogen) atoms. The van der Waals surface area contributed by atoms with Crippen LogP contribution >= 0.6 is 12.4 Å². The maximum absolute atomic E-state index is 7.15. The van der Waals surface area contributed by atoms with Gasteiger partial charge < -0.3 is 10.2 Å². The van der Waals surface area contributed by atoms with E-state index in [9.17, 15) is 0 Å². The van der Waals surface area contributed by atoms with E-state index in [1.165, 1.54) is 0 Å². The number of halogens is 1. The Labute approximate surface area is 81.5 Å². The summed E-state index contributed by atoms with van der Waals surface area (Å²) >= 11 is 0. The Morgan fingerprint density at radius 1 is 1.31 bits per heavy atom. The minimum absolute atomic E-state index is 0. The van der Waals surface area contributed by atoms with Gasteiger partial charge >= 0.3 is 0 Å². The number of para-hydroxylation sites is 1. The average molecular weight is 197 g/mol. The van der Waals surface area contributed by atoms with Gasteiger partial charge in [-0.3, -0.25) is 5.41 Å². The average Bonchev–Trinajstić information content (AvgIpc) is 2.46. The molecule has 0 fully saturated rings. The van der Waals surface area contributed by atoms with E-state index in [0.29, 0.717) is 5.76 Å². The van der Waals surface area contributed by atoms with Gasteiger partial charge in [-0.1, -0.05) is 18.2 Å². The van der Waals surface area contributed by atoms with Crippen molar-refractivity contribution < 1.29 is 4.42 Å². The van der Waals surface area contributed by atoms with E-state index in [4.69, 9.17) is 15.6 Å². The first-order valence-electron chi connectivity index (χ1n) is 3.60. The number of nitrogens with two attached hydrogens (primary N) is 1. The van der Waals surface area contributed by atoms with E-state index >= 15 is 0 Å². The van der Waals surface area contributed by atoms with Gasteiger partial charge in [0.2, 0.25) is 0 Å². The monoisotopic (exact) mass is 196 g/mol. The molecule has 4 heteroatoms. The summed E-state index contributed by atoms with van der Waals surface area (Å²) in [4.78, 5) is 0. The molecular formula is C9H9ClN2O. The molecule has 0 bridgehead atoms. The third-order valence-corrected chi connectivity index (χ3v) is 1.69. The smallest absolute Gasteiger partial charge is 0.169 e. The Balaban J connectivity index is 0.000000845. The van der Waals surface area contributed by atoms with Crippen molar-refractivity contribution in [3.05, 3.63) is 36.1 Å². The molecule has 0 unspecified atom stereocenters. The minimum Gasteiger partial charge on any atom is -0.453 e. The van der Waals surface area contributed by atoms with E-state index in [-0.39, 0.29) is 18.2 Å². The molecule has 0 saturated heterocycles. The Hall–Kier alpha value is -1.48. The van der Waals surface area contributed by atoms with Crippen LogP contribution < -0.4 is 5.73 Å². The molecule has 1 aromatic heterocycles. The Morgan fingerprint density at radius 3 is 2.62 bits per heavy atom. The maximum Gasteiger partial charge on any atom is 0.169 e. The van der Waals surface area contributed by atoms with Gasteiger partial charge in [0, 0.05) is 5.39 Å². The first-order chi connectivity index (χ1) is 5.77. The van der Waals surface area contributed by atoms with Crippen LogP contribution in [0.15, 0.2) is 34.7 Å². The molecule has 0 aliphatic heterocycles. The second-order valence-corrected chi connectivity index (χ2v) is 2.56. The molecule has 68 valence electrons. The van der Waals surface area contributed by atoms with Crippen molar-refractivity contribution in [2.45, 2.75) is 0 Å². The van der Waals surface area contributed by atoms with Crippen LogP contribution in [0.1, 0.15) is 5.76 Å². The van der Waals surface area contributed by atoms with E-state index in [2.05, 4.69) is 0 Å². The number of hydrogen-bond donors (Lipinski definition) is 2. The van der Waals surface area contributed by atoms with Crippen molar-refractivity contribution in [1.29, 1.82) is 5.41 Å². The number of nitrogens with one attached hydrogen (secondary N) is 1. The van der Waals surface area contributed by atoms with Crippen molar-refractivity contribution in [2.24, 2.45) is 5.73 Å². The predicted octanol–water partition coefficient (Wildman–Crippen LogP) is 2.14. The molecule has 2 rings (SSSR count). The first kappa shape index (κ1) is 9.61. The van der Waals surface area contributed by atoms with Crippen LogP contribution in [0.4, 0.5) is 0 Å². The molecular weight excluding hydrogens is 188 g/mol. The third-order valence-electron chi connectivity index (χ3n) is 1.69. The van der Waals surface area contributed by atoms with E-state index in [0.717, 1.165) is 11.0 Å². The third kappa shape index (κ3) is 1.65. The van der Waals surface area contributed by atoms with Crippen molar-refractivity contribution in [3.8, 4) is 0 Å². The highest BCUT2D eigenvalue weighted by molar-refractivity contribution is 5.96. The highest BCUT2D eigenvalue weighted by Crippen LogP contribution is 2.17. The molecule has 0 atom stereocenters. The van der Waals surface area contributed by atoms with Gasteiger partial charge in [-0.2, -0.15) is 0 Å². The van der Waals surface area contributed by atoms with Crippen molar-refractivity contribution in [1.82, 2.24) is 0 Å². The first-order valence-corrected chi connectivity index (χ1v) is 3.60. The number of furan rings is 1. The zero-order chi connectivity index (χ0) is 8.55. The van der Waals surface area contributed by atoms with E-state index in [1.54, 1.807) is 6.07 Å². The molecule has 0 aliphatic rings. The summed E-state index contributed by atoms with van der Waals surface area (Å²) in [5.41, 5.74) is 6.03. The fraction of sp³-hybridized carbons (Fsp3) is 0. The van der Waals surface area contributed by atoms with Crippen LogP contribution in [0.3, 0.4) is 0 Å². The summed E-state index contributed by atoms with van der Waals surface area (Å²) in [7, 11) is 0. The van der Waals surface area contributed by atoms with Crippen LogP contribution in [0.5, 0.6) is 0 Å². The number of nitrogen functional groups attached to an aromatic ring is 1. The lowest BCUT2D eigenvalue weighted by atomic mass is 10.2. The van der Waals surface area contributed by atoms with Gasteiger partial charge in [-0.25, -0.2) is 0 Å². The van der Waals surface area contributed by atoms with Gasteiger partial charge in [0.25, 0.3) is 0 Å². The number of fused-ring (bicyclic) bond motifs is 1. The van der Waals surface area contributed by atoms with Gasteiger partial charge in [0.05, 0.1) is 0 Å². The molecule has 2 aromatic rings. The fourth-order valence-electron chi connectivity index (χ4n) is 1.11. The van der Waals surface area contributed by atoms with Crippen molar-refractivity contribution >= 4 is 29.2 Å². The fourth-order valence-corrected chi connectivity index (χ4v) is 1.11. The SMILES string of the molecule is Cl.N=C(N)c1cc2ccccc2o1. The Bertz CT molecular complexity index is 403. The summed E-state index contributed by atoms with van der Waals surface area (Å²) in [6.45, 7) is 0. The van der Waals surface area contributed by atoms with Crippen LogP contribution in [-0.4, -0.2) is 5.84 Å². The number of rotatable bonds is 1. The molecule has 1 aromatic carbocycles. The van der Waals surface area contributed by atoms with Crippen LogP contribution in [0.25, 0.3) is 11.0 Å². The van der Waals surface area contributed by atoms with Crippen LogP contribution in [0, 0.1) is 5.41 Å². The zero-order valence-corrected chi connectivity index (χ0v) is 7.60. The summed E-state index contributed by atoms with van der Waals surface area (Å²) in [6.07, 6.45) is 0. The topological polar surface area (TPSA) is 63.0 Å². The van der Waals surface area contributed by atoms with Crippen molar-refractivity contribution in [3.63, 3.8) is 0 Å². The standard InChI is InChI=1S/C9H8N2O.ClH/c10-9(11)8-5-6-3-1-2-4-7(6)12-8;/h1-5H,(H3,10,11);1H. The zero-order valence-electron chi connectivity index (χ0n) is 6.78. The number of amidine groups is 1. The van der Waals surface area contributed by atoms with Gasteiger partial charge in [-0.05, 0) is 12.1 Å². The van der Waals surface area contributed by atoms with Gasteiger partial charge in [0.1, 0.15) is 5.58 Å². The van der Waals surface area contributed by atoms with E-state index in [1.807, 2.05) is 24.3 Å². The lowest BCUT2D eigenvalue weighted by Gasteiger charge is -1.86. The molecule has 0 radical (unpaired) electrons. The highest BCUT2D eigenvalue weighted by Gasteiger charge is 2.03.